The Hall–Kier alpha value is -3.39. The van der Waals surface area contributed by atoms with E-state index in [9.17, 15) is 19.5 Å². The first-order valence-corrected chi connectivity index (χ1v) is 10.7. The quantitative estimate of drug-likeness (QED) is 0.565. The maximum absolute atomic E-state index is 13.3. The van der Waals surface area contributed by atoms with E-state index in [-0.39, 0.29) is 36.1 Å². The number of rotatable bonds is 7. The number of aromatic hydroxyl groups is 1. The molecule has 3 rings (SSSR count). The highest BCUT2D eigenvalue weighted by molar-refractivity contribution is 5.97. The molecule has 1 heterocycles. The molecule has 2 amide bonds. The molecule has 1 saturated heterocycles. The molecule has 0 bridgehead atoms. The summed E-state index contributed by atoms with van der Waals surface area (Å²) < 4.78 is 5.25. The minimum Gasteiger partial charge on any atom is -0.508 e. The summed E-state index contributed by atoms with van der Waals surface area (Å²) in [7, 11) is 0. The Labute approximate surface area is 187 Å². The summed E-state index contributed by atoms with van der Waals surface area (Å²) in [5.41, 5.74) is 7.79. The van der Waals surface area contributed by atoms with Crippen molar-refractivity contribution in [1.29, 1.82) is 0 Å². The van der Waals surface area contributed by atoms with Gasteiger partial charge in [0, 0.05) is 51.4 Å². The third-order valence-electron chi connectivity index (χ3n) is 5.52. The van der Waals surface area contributed by atoms with Gasteiger partial charge in [0.05, 0.1) is 0 Å². The van der Waals surface area contributed by atoms with Crippen molar-refractivity contribution in [2.45, 2.75) is 44.9 Å². The number of likely N-dealkylation sites (tertiary alicyclic amines) is 1. The van der Waals surface area contributed by atoms with E-state index in [1.54, 1.807) is 53.4 Å². The Balaban J connectivity index is 1.72. The van der Waals surface area contributed by atoms with Gasteiger partial charge in [0.15, 0.2) is 0 Å². The van der Waals surface area contributed by atoms with Crippen LogP contribution in [0.4, 0.5) is 0 Å². The van der Waals surface area contributed by atoms with Crippen LogP contribution in [0.25, 0.3) is 0 Å². The number of phenols is 1. The van der Waals surface area contributed by atoms with Crippen LogP contribution in [0.3, 0.4) is 0 Å². The topological polar surface area (TPSA) is 122 Å². The van der Waals surface area contributed by atoms with Crippen molar-refractivity contribution in [2.24, 2.45) is 5.73 Å². The highest BCUT2D eigenvalue weighted by Gasteiger charge is 2.30. The van der Waals surface area contributed by atoms with Crippen LogP contribution in [0, 0.1) is 0 Å². The van der Waals surface area contributed by atoms with Gasteiger partial charge in [0.2, 0.25) is 5.91 Å². The van der Waals surface area contributed by atoms with Crippen molar-refractivity contribution in [3.05, 3.63) is 65.2 Å². The molecule has 0 aliphatic carbocycles. The lowest BCUT2D eigenvalue weighted by Gasteiger charge is -2.34. The van der Waals surface area contributed by atoms with E-state index in [4.69, 9.17) is 10.5 Å². The van der Waals surface area contributed by atoms with Crippen LogP contribution in [-0.4, -0.2) is 53.0 Å². The lowest BCUT2D eigenvalue weighted by Crippen LogP contribution is -2.52. The Bertz CT molecular complexity index is 935. The summed E-state index contributed by atoms with van der Waals surface area (Å²) >= 11 is 0. The second-order valence-corrected chi connectivity index (χ2v) is 7.93. The standard InChI is InChI=1S/C24H29N3O5/c1-16(28)32-21-10-12-27(13-11-21)24(31)22(14-17-4-8-20(29)9-5-17)26-23(30)19-6-2-18(15-25)3-7-19/h2-9,21-22,29H,10-15,25H2,1H3,(H,26,30)/t22-/m0/s1. The Morgan fingerprint density at radius 3 is 2.22 bits per heavy atom. The largest absolute Gasteiger partial charge is 0.508 e. The average molecular weight is 440 g/mol. The first kappa shape index (κ1) is 23.3. The summed E-state index contributed by atoms with van der Waals surface area (Å²) in [4.78, 5) is 39.0. The molecule has 32 heavy (non-hydrogen) atoms. The lowest BCUT2D eigenvalue weighted by molar-refractivity contribution is -0.149. The number of nitrogens with one attached hydrogen (secondary N) is 1. The van der Waals surface area contributed by atoms with E-state index in [0.717, 1.165) is 11.1 Å². The maximum Gasteiger partial charge on any atom is 0.302 e. The zero-order valence-electron chi connectivity index (χ0n) is 18.1. The highest BCUT2D eigenvalue weighted by Crippen LogP contribution is 2.17. The van der Waals surface area contributed by atoms with E-state index >= 15 is 0 Å². The van der Waals surface area contributed by atoms with Gasteiger partial charge < -0.3 is 25.8 Å². The second kappa shape index (κ2) is 10.8. The molecule has 1 atom stereocenters. The molecule has 0 spiro atoms. The van der Waals surface area contributed by atoms with Crippen molar-refractivity contribution < 1.29 is 24.2 Å². The zero-order chi connectivity index (χ0) is 23.1. The van der Waals surface area contributed by atoms with Crippen LogP contribution in [0.1, 0.15) is 41.3 Å². The normalized spacial score (nSPS) is 15.1. The molecular weight excluding hydrogens is 410 g/mol. The number of carbonyl (C=O) groups is 3. The molecule has 1 fully saturated rings. The van der Waals surface area contributed by atoms with Crippen LogP contribution >= 0.6 is 0 Å². The Kier molecular flexibility index (Phi) is 7.83. The van der Waals surface area contributed by atoms with Crippen LogP contribution in [0.5, 0.6) is 5.75 Å². The number of phenolic OH excluding ortho intramolecular Hbond substituents is 1. The van der Waals surface area contributed by atoms with Gasteiger partial charge in [0.1, 0.15) is 17.9 Å². The average Bonchev–Trinajstić information content (AvgIpc) is 2.79. The van der Waals surface area contributed by atoms with Crippen LogP contribution in [0.15, 0.2) is 48.5 Å². The third-order valence-corrected chi connectivity index (χ3v) is 5.52. The molecule has 1 aliphatic heterocycles. The van der Waals surface area contributed by atoms with Crippen LogP contribution in [0.2, 0.25) is 0 Å². The smallest absolute Gasteiger partial charge is 0.302 e. The molecule has 0 saturated carbocycles. The molecule has 170 valence electrons. The molecule has 2 aromatic carbocycles. The number of benzene rings is 2. The minimum atomic E-state index is -0.772. The molecule has 0 unspecified atom stereocenters. The molecular formula is C24H29N3O5. The van der Waals surface area contributed by atoms with Crippen molar-refractivity contribution in [2.75, 3.05) is 13.1 Å². The fourth-order valence-corrected chi connectivity index (χ4v) is 3.75. The number of carbonyl (C=O) groups excluding carboxylic acids is 3. The van der Waals surface area contributed by atoms with Gasteiger partial charge in [-0.25, -0.2) is 0 Å². The molecule has 4 N–H and O–H groups in total. The predicted octanol–water partition coefficient (Wildman–Crippen LogP) is 1.75. The number of hydrogen-bond donors (Lipinski definition) is 3. The van der Waals surface area contributed by atoms with Crippen molar-refractivity contribution >= 4 is 17.8 Å². The van der Waals surface area contributed by atoms with Gasteiger partial charge in [-0.15, -0.1) is 0 Å². The van der Waals surface area contributed by atoms with Gasteiger partial charge in [0.25, 0.3) is 5.91 Å². The van der Waals surface area contributed by atoms with E-state index < -0.39 is 6.04 Å². The third kappa shape index (κ3) is 6.31. The highest BCUT2D eigenvalue weighted by atomic mass is 16.5. The van der Waals surface area contributed by atoms with E-state index in [1.807, 2.05) is 0 Å². The fourth-order valence-electron chi connectivity index (χ4n) is 3.75. The van der Waals surface area contributed by atoms with Gasteiger partial charge in [-0.05, 0) is 35.4 Å². The number of esters is 1. The van der Waals surface area contributed by atoms with Crippen LogP contribution in [-0.2, 0) is 27.3 Å². The number of ether oxygens (including phenoxy) is 1. The molecule has 8 heteroatoms. The number of piperidine rings is 1. The van der Waals surface area contributed by atoms with Gasteiger partial charge in [-0.3, -0.25) is 14.4 Å². The van der Waals surface area contributed by atoms with Crippen molar-refractivity contribution in [3.8, 4) is 5.75 Å². The minimum absolute atomic E-state index is 0.133. The molecule has 2 aromatic rings. The van der Waals surface area contributed by atoms with Gasteiger partial charge in [-0.2, -0.15) is 0 Å². The second-order valence-electron chi connectivity index (χ2n) is 7.93. The molecule has 1 aliphatic rings. The van der Waals surface area contributed by atoms with Gasteiger partial charge >= 0.3 is 5.97 Å². The summed E-state index contributed by atoms with van der Waals surface area (Å²) in [6.45, 7) is 2.65. The Morgan fingerprint density at radius 2 is 1.66 bits per heavy atom. The number of nitrogens with zero attached hydrogens (tertiary/aromatic N) is 1. The summed E-state index contributed by atoms with van der Waals surface area (Å²) in [6.07, 6.45) is 1.22. The first-order chi connectivity index (χ1) is 15.4. The maximum atomic E-state index is 13.3. The van der Waals surface area contributed by atoms with Gasteiger partial charge in [-0.1, -0.05) is 24.3 Å². The number of hydrogen-bond acceptors (Lipinski definition) is 6. The van der Waals surface area contributed by atoms with Crippen molar-refractivity contribution in [1.82, 2.24) is 10.2 Å². The summed E-state index contributed by atoms with van der Waals surface area (Å²) in [5, 5.41) is 12.4. The molecule has 0 radical (unpaired) electrons. The number of amides is 2. The summed E-state index contributed by atoms with van der Waals surface area (Å²) in [5.74, 6) is -0.729. The SMILES string of the molecule is CC(=O)OC1CCN(C(=O)[C@H](Cc2ccc(O)cc2)NC(=O)c2ccc(CN)cc2)CC1. The fraction of sp³-hybridized carbons (Fsp3) is 0.375. The summed E-state index contributed by atoms with van der Waals surface area (Å²) in [6, 6.07) is 12.7. The van der Waals surface area contributed by atoms with Crippen LogP contribution < -0.4 is 11.1 Å². The molecule has 0 aromatic heterocycles. The monoisotopic (exact) mass is 439 g/mol. The number of nitrogens with two attached hydrogens (primary N) is 1. The van der Waals surface area contributed by atoms with E-state index in [0.29, 0.717) is 38.0 Å². The zero-order valence-corrected chi connectivity index (χ0v) is 18.1. The van der Waals surface area contributed by atoms with E-state index in [1.165, 1.54) is 6.92 Å². The first-order valence-electron chi connectivity index (χ1n) is 10.7. The Morgan fingerprint density at radius 1 is 1.06 bits per heavy atom. The predicted molar refractivity (Wildman–Crippen MR) is 119 cm³/mol. The lowest BCUT2D eigenvalue weighted by atomic mass is 10.0. The van der Waals surface area contributed by atoms with Crippen molar-refractivity contribution in [3.63, 3.8) is 0 Å². The van der Waals surface area contributed by atoms with E-state index in [2.05, 4.69) is 5.32 Å². The molecule has 8 nitrogen and oxygen atoms in total.